The van der Waals surface area contributed by atoms with Crippen LogP contribution in [0, 0.1) is 6.92 Å². The summed E-state index contributed by atoms with van der Waals surface area (Å²) in [6, 6.07) is 9.17. The molecule has 2 rings (SSSR count). The average Bonchev–Trinajstić information content (AvgIpc) is 2.73. The van der Waals surface area contributed by atoms with Gasteiger partial charge in [-0.05, 0) is 19.1 Å². The van der Waals surface area contributed by atoms with Crippen LogP contribution in [0.4, 0.5) is 0 Å². The highest BCUT2D eigenvalue weighted by atomic mass is 32.1. The minimum atomic E-state index is -0.0637. The molecule has 1 aromatic carbocycles. The molecule has 4 heteroatoms. The van der Waals surface area contributed by atoms with Gasteiger partial charge in [-0.1, -0.05) is 18.2 Å². The molecule has 82 valence electrons. The molecule has 1 aromatic heterocycles. The molecule has 0 radical (unpaired) electrons. The lowest BCUT2D eigenvalue weighted by Crippen LogP contribution is -2.22. The zero-order valence-corrected chi connectivity index (χ0v) is 9.75. The Kier molecular flexibility index (Phi) is 3.31. The lowest BCUT2D eigenvalue weighted by atomic mass is 10.2. The van der Waals surface area contributed by atoms with Gasteiger partial charge < -0.3 is 5.32 Å². The van der Waals surface area contributed by atoms with E-state index in [0.29, 0.717) is 12.1 Å². The number of hydrogen-bond donors (Lipinski definition) is 1. The summed E-state index contributed by atoms with van der Waals surface area (Å²) in [4.78, 5) is 16.0. The van der Waals surface area contributed by atoms with Gasteiger partial charge in [0.25, 0.3) is 5.91 Å². The van der Waals surface area contributed by atoms with E-state index in [9.17, 15) is 4.79 Å². The van der Waals surface area contributed by atoms with Gasteiger partial charge in [-0.25, -0.2) is 4.98 Å². The van der Waals surface area contributed by atoms with Crippen molar-refractivity contribution < 1.29 is 4.79 Å². The van der Waals surface area contributed by atoms with E-state index in [0.717, 1.165) is 10.7 Å². The molecule has 0 saturated carbocycles. The maximum atomic E-state index is 11.7. The van der Waals surface area contributed by atoms with E-state index in [4.69, 9.17) is 0 Å². The SMILES string of the molecule is Cc1nc(CNC(=O)c2ccccc2)cs1. The largest absolute Gasteiger partial charge is 0.346 e. The van der Waals surface area contributed by atoms with Gasteiger partial charge in [0, 0.05) is 10.9 Å². The summed E-state index contributed by atoms with van der Waals surface area (Å²) in [5, 5.41) is 5.81. The number of hydrogen-bond acceptors (Lipinski definition) is 3. The first-order valence-electron chi connectivity index (χ1n) is 5.00. The molecule has 16 heavy (non-hydrogen) atoms. The molecule has 0 aliphatic heterocycles. The van der Waals surface area contributed by atoms with E-state index in [-0.39, 0.29) is 5.91 Å². The summed E-state index contributed by atoms with van der Waals surface area (Å²) < 4.78 is 0. The molecule has 0 atom stereocenters. The fourth-order valence-electron chi connectivity index (χ4n) is 1.35. The average molecular weight is 232 g/mol. The third kappa shape index (κ3) is 2.67. The van der Waals surface area contributed by atoms with Crippen LogP contribution in [0.2, 0.25) is 0 Å². The van der Waals surface area contributed by atoms with Crippen molar-refractivity contribution in [2.45, 2.75) is 13.5 Å². The van der Waals surface area contributed by atoms with Crippen molar-refractivity contribution in [1.29, 1.82) is 0 Å². The number of nitrogens with zero attached hydrogens (tertiary/aromatic N) is 1. The minimum absolute atomic E-state index is 0.0637. The predicted molar refractivity (Wildman–Crippen MR) is 64.5 cm³/mol. The Morgan fingerprint density at radius 3 is 2.75 bits per heavy atom. The maximum absolute atomic E-state index is 11.7. The fraction of sp³-hybridized carbons (Fsp3) is 0.167. The quantitative estimate of drug-likeness (QED) is 0.882. The van der Waals surface area contributed by atoms with Crippen molar-refractivity contribution in [3.8, 4) is 0 Å². The zero-order valence-electron chi connectivity index (χ0n) is 8.93. The Bertz CT molecular complexity index is 479. The van der Waals surface area contributed by atoms with Crippen LogP contribution in [0.5, 0.6) is 0 Å². The van der Waals surface area contributed by atoms with Gasteiger partial charge in [0.1, 0.15) is 0 Å². The summed E-state index contributed by atoms with van der Waals surface area (Å²) in [6.45, 7) is 2.44. The number of benzene rings is 1. The molecule has 0 aliphatic rings. The Morgan fingerprint density at radius 2 is 2.12 bits per heavy atom. The molecule has 3 nitrogen and oxygen atoms in total. The zero-order chi connectivity index (χ0) is 11.4. The van der Waals surface area contributed by atoms with Gasteiger partial charge in [0.05, 0.1) is 17.2 Å². The van der Waals surface area contributed by atoms with E-state index in [1.807, 2.05) is 30.5 Å². The topological polar surface area (TPSA) is 42.0 Å². The molecular weight excluding hydrogens is 220 g/mol. The van der Waals surface area contributed by atoms with Crippen LogP contribution in [0.3, 0.4) is 0 Å². The second kappa shape index (κ2) is 4.90. The van der Waals surface area contributed by atoms with Crippen LogP contribution in [0.1, 0.15) is 21.1 Å². The van der Waals surface area contributed by atoms with E-state index in [2.05, 4.69) is 10.3 Å². The molecule has 1 amide bonds. The smallest absolute Gasteiger partial charge is 0.251 e. The molecule has 0 spiro atoms. The van der Waals surface area contributed by atoms with Crippen molar-refractivity contribution in [2.75, 3.05) is 0 Å². The van der Waals surface area contributed by atoms with Gasteiger partial charge in [-0.3, -0.25) is 4.79 Å². The molecule has 1 N–H and O–H groups in total. The molecular formula is C12H12N2OS. The standard InChI is InChI=1S/C12H12N2OS/c1-9-14-11(8-16-9)7-13-12(15)10-5-3-2-4-6-10/h2-6,8H,7H2,1H3,(H,13,15). The molecule has 0 unspecified atom stereocenters. The molecule has 0 bridgehead atoms. The van der Waals surface area contributed by atoms with Gasteiger partial charge in [0.15, 0.2) is 0 Å². The lowest BCUT2D eigenvalue weighted by molar-refractivity contribution is 0.0950. The first-order chi connectivity index (χ1) is 7.75. The van der Waals surface area contributed by atoms with Crippen LogP contribution >= 0.6 is 11.3 Å². The maximum Gasteiger partial charge on any atom is 0.251 e. The van der Waals surface area contributed by atoms with Crippen molar-refractivity contribution in [3.05, 3.63) is 52.0 Å². The van der Waals surface area contributed by atoms with Gasteiger partial charge in [-0.2, -0.15) is 0 Å². The number of nitrogens with one attached hydrogen (secondary N) is 1. The van der Waals surface area contributed by atoms with Crippen LogP contribution < -0.4 is 5.32 Å². The van der Waals surface area contributed by atoms with E-state index in [1.54, 1.807) is 23.5 Å². The van der Waals surface area contributed by atoms with Gasteiger partial charge >= 0.3 is 0 Å². The highest BCUT2D eigenvalue weighted by Crippen LogP contribution is 2.07. The third-order valence-electron chi connectivity index (χ3n) is 2.13. The van der Waals surface area contributed by atoms with Crippen molar-refractivity contribution in [2.24, 2.45) is 0 Å². The summed E-state index contributed by atoms with van der Waals surface area (Å²) >= 11 is 1.59. The fourth-order valence-corrected chi connectivity index (χ4v) is 1.96. The number of carbonyl (C=O) groups is 1. The number of rotatable bonds is 3. The molecule has 0 aliphatic carbocycles. The van der Waals surface area contributed by atoms with Crippen LogP contribution in [0.25, 0.3) is 0 Å². The second-order valence-electron chi connectivity index (χ2n) is 3.41. The van der Waals surface area contributed by atoms with Crippen LogP contribution in [-0.4, -0.2) is 10.9 Å². The van der Waals surface area contributed by atoms with Crippen LogP contribution in [-0.2, 0) is 6.54 Å². The lowest BCUT2D eigenvalue weighted by Gasteiger charge is -2.02. The number of carbonyl (C=O) groups excluding carboxylic acids is 1. The Labute approximate surface area is 98.2 Å². The van der Waals surface area contributed by atoms with Crippen molar-refractivity contribution in [1.82, 2.24) is 10.3 Å². The Morgan fingerprint density at radius 1 is 1.38 bits per heavy atom. The van der Waals surface area contributed by atoms with Crippen LogP contribution in [0.15, 0.2) is 35.7 Å². The normalized spacial score (nSPS) is 10.1. The molecule has 1 heterocycles. The number of aryl methyl sites for hydroxylation is 1. The first kappa shape index (κ1) is 10.8. The van der Waals surface area contributed by atoms with E-state index < -0.39 is 0 Å². The summed E-state index contributed by atoms with van der Waals surface area (Å²) in [6.07, 6.45) is 0. The third-order valence-corrected chi connectivity index (χ3v) is 2.95. The Balaban J connectivity index is 1.94. The minimum Gasteiger partial charge on any atom is -0.346 e. The van der Waals surface area contributed by atoms with E-state index in [1.165, 1.54) is 0 Å². The monoisotopic (exact) mass is 232 g/mol. The number of aromatic nitrogens is 1. The number of amides is 1. The molecule has 2 aromatic rings. The highest BCUT2D eigenvalue weighted by molar-refractivity contribution is 7.09. The van der Waals surface area contributed by atoms with Crippen molar-refractivity contribution >= 4 is 17.2 Å². The van der Waals surface area contributed by atoms with Gasteiger partial charge in [-0.15, -0.1) is 11.3 Å². The van der Waals surface area contributed by atoms with E-state index >= 15 is 0 Å². The first-order valence-corrected chi connectivity index (χ1v) is 5.88. The number of thiazole rings is 1. The summed E-state index contributed by atoms with van der Waals surface area (Å²) in [5.74, 6) is -0.0637. The molecule has 0 fully saturated rings. The predicted octanol–water partition coefficient (Wildman–Crippen LogP) is 2.38. The second-order valence-corrected chi connectivity index (χ2v) is 4.47. The highest BCUT2D eigenvalue weighted by Gasteiger charge is 2.04. The van der Waals surface area contributed by atoms with Crippen molar-refractivity contribution in [3.63, 3.8) is 0 Å². The summed E-state index contributed by atoms with van der Waals surface area (Å²) in [7, 11) is 0. The summed E-state index contributed by atoms with van der Waals surface area (Å²) in [5.41, 5.74) is 1.58. The van der Waals surface area contributed by atoms with Gasteiger partial charge in [0.2, 0.25) is 0 Å². The Hall–Kier alpha value is -1.68. The molecule has 0 saturated heterocycles.